The summed E-state index contributed by atoms with van der Waals surface area (Å²) >= 11 is 0. The molecule has 0 amide bonds. The number of rotatable bonds is 12. The number of aryl methyl sites for hydroxylation is 2. The first-order valence-electron chi connectivity index (χ1n) is 12.8. The fourth-order valence-corrected chi connectivity index (χ4v) is 6.47. The molecule has 20 nitrogen and oxygen atoms in total. The molecule has 0 spiro atoms. The lowest BCUT2D eigenvalue weighted by molar-refractivity contribution is -0.657. The molecular formula is C22H32N5O15P2+. The van der Waals surface area contributed by atoms with Crippen molar-refractivity contribution in [2.45, 2.75) is 63.2 Å². The van der Waals surface area contributed by atoms with Gasteiger partial charge in [0.25, 0.3) is 5.56 Å². The van der Waals surface area contributed by atoms with E-state index in [2.05, 4.69) is 23.3 Å². The quantitative estimate of drug-likeness (QED) is 0.0506. The minimum absolute atomic E-state index is 0.106. The number of benzene rings is 1. The fraction of sp³-hybridized carbons (Fsp3) is 0.545. The summed E-state index contributed by atoms with van der Waals surface area (Å²) in [5.41, 5.74) is 5.66. The first-order chi connectivity index (χ1) is 20.4. The Morgan fingerprint density at radius 3 is 2.30 bits per heavy atom. The van der Waals surface area contributed by atoms with E-state index in [1.165, 1.54) is 4.57 Å². The van der Waals surface area contributed by atoms with Gasteiger partial charge in [-0.2, -0.15) is 9.29 Å². The summed E-state index contributed by atoms with van der Waals surface area (Å²) in [5.74, 6) is 0. The molecule has 2 aromatic heterocycles. The summed E-state index contributed by atoms with van der Waals surface area (Å²) in [7, 11) is -10.8. The van der Waals surface area contributed by atoms with E-state index in [1.807, 2.05) is 4.98 Å². The lowest BCUT2D eigenvalue weighted by Gasteiger charge is -2.24. The van der Waals surface area contributed by atoms with E-state index >= 15 is 0 Å². The van der Waals surface area contributed by atoms with Crippen molar-refractivity contribution in [1.82, 2.24) is 15.0 Å². The van der Waals surface area contributed by atoms with E-state index in [4.69, 9.17) is 10.5 Å². The SMILES string of the molecule is Cc1cc2nc3c(=O)[nH]c(=O)[nH]c3[n+](C[C@H](O)[C@H](O)[C@H](O)COP(=O)(O)OP(=O)(O)OC[C@H]3O[C@@H](N)[C@H](O)[C@@H]3O)c2cc1C. The predicted octanol–water partition coefficient (Wildman–Crippen LogP) is -3.59. The van der Waals surface area contributed by atoms with E-state index in [0.29, 0.717) is 11.0 Å². The summed E-state index contributed by atoms with van der Waals surface area (Å²) in [4.78, 5) is 52.8. The molecule has 11 N–H and O–H groups in total. The van der Waals surface area contributed by atoms with E-state index < -0.39 is 89.5 Å². The molecular weight excluding hydrogens is 636 g/mol. The van der Waals surface area contributed by atoms with Gasteiger partial charge in [0.1, 0.15) is 54.9 Å². The zero-order valence-electron chi connectivity index (χ0n) is 23.1. The molecule has 9 atom stereocenters. The molecule has 3 heterocycles. The second kappa shape index (κ2) is 13.1. The van der Waals surface area contributed by atoms with Crippen LogP contribution in [0.4, 0.5) is 0 Å². The number of aliphatic hydroxyl groups excluding tert-OH is 5. The third kappa shape index (κ3) is 7.64. The molecule has 4 rings (SSSR count). The number of nitrogens with one attached hydrogen (secondary N) is 2. The Labute approximate surface area is 246 Å². The van der Waals surface area contributed by atoms with Crippen molar-refractivity contribution in [1.29, 1.82) is 0 Å². The van der Waals surface area contributed by atoms with Crippen LogP contribution in [0.15, 0.2) is 21.7 Å². The van der Waals surface area contributed by atoms with Crippen molar-refractivity contribution in [2.75, 3.05) is 13.2 Å². The number of H-pyrrole nitrogens is 2. The first kappa shape index (κ1) is 34.4. The maximum atomic E-state index is 12.4. The number of ether oxygens (including phenoxy) is 1. The molecule has 1 aromatic carbocycles. The van der Waals surface area contributed by atoms with Crippen molar-refractivity contribution in [3.8, 4) is 0 Å². The van der Waals surface area contributed by atoms with Gasteiger partial charge in [-0.25, -0.2) is 23.5 Å². The Kier molecular flexibility index (Phi) is 10.2. The second-order valence-electron chi connectivity index (χ2n) is 10.1. The number of aromatic nitrogens is 4. The van der Waals surface area contributed by atoms with Gasteiger partial charge >= 0.3 is 27.0 Å². The molecule has 1 fully saturated rings. The number of fused-ring (bicyclic) bond motifs is 2. The molecule has 1 saturated heterocycles. The average molecular weight is 668 g/mol. The van der Waals surface area contributed by atoms with Crippen LogP contribution in [0.2, 0.25) is 0 Å². The van der Waals surface area contributed by atoms with Gasteiger partial charge in [0.05, 0.1) is 13.2 Å². The molecule has 244 valence electrons. The minimum Gasteiger partial charge on any atom is -0.388 e. The van der Waals surface area contributed by atoms with Gasteiger partial charge in [-0.3, -0.25) is 18.8 Å². The maximum Gasteiger partial charge on any atom is 0.481 e. The van der Waals surface area contributed by atoms with Crippen LogP contribution in [0.1, 0.15) is 11.1 Å². The van der Waals surface area contributed by atoms with Crippen LogP contribution in [-0.4, -0.2) is 106 Å². The minimum atomic E-state index is -5.45. The van der Waals surface area contributed by atoms with Crippen LogP contribution in [-0.2, 0) is 33.8 Å². The van der Waals surface area contributed by atoms with Crippen LogP contribution < -0.4 is 21.5 Å². The van der Waals surface area contributed by atoms with Gasteiger partial charge in [-0.15, -0.1) is 0 Å². The highest BCUT2D eigenvalue weighted by molar-refractivity contribution is 7.61. The van der Waals surface area contributed by atoms with Crippen LogP contribution >= 0.6 is 15.6 Å². The van der Waals surface area contributed by atoms with Gasteiger partial charge in [-0.05, 0) is 37.1 Å². The largest absolute Gasteiger partial charge is 0.481 e. The molecule has 44 heavy (non-hydrogen) atoms. The van der Waals surface area contributed by atoms with Crippen molar-refractivity contribution in [3.63, 3.8) is 0 Å². The number of aliphatic hydroxyl groups is 5. The number of hydrogen-bond donors (Lipinski definition) is 10. The van der Waals surface area contributed by atoms with Gasteiger partial charge in [0.15, 0.2) is 5.52 Å². The first-order valence-corrected chi connectivity index (χ1v) is 15.8. The molecule has 0 bridgehead atoms. The van der Waals surface area contributed by atoms with E-state index in [0.717, 1.165) is 11.1 Å². The number of hydrogen-bond acceptors (Lipinski definition) is 15. The van der Waals surface area contributed by atoms with E-state index in [9.17, 15) is 54.0 Å². The van der Waals surface area contributed by atoms with Crippen LogP contribution in [0.3, 0.4) is 0 Å². The highest BCUT2D eigenvalue weighted by Gasteiger charge is 2.43. The molecule has 2 unspecified atom stereocenters. The highest BCUT2D eigenvalue weighted by Crippen LogP contribution is 2.60. The third-order valence-corrected chi connectivity index (χ3v) is 9.46. The Hall–Kier alpha value is -2.52. The average Bonchev–Trinajstić information content (AvgIpc) is 3.17. The molecule has 0 aliphatic carbocycles. The monoisotopic (exact) mass is 668 g/mol. The van der Waals surface area contributed by atoms with Gasteiger partial charge in [-0.1, -0.05) is 0 Å². The van der Waals surface area contributed by atoms with E-state index in [-0.39, 0.29) is 11.2 Å². The summed E-state index contributed by atoms with van der Waals surface area (Å²) in [5, 5.41) is 51.0. The molecule has 1 aliphatic rings. The molecule has 1 aliphatic heterocycles. The lowest BCUT2D eigenvalue weighted by Crippen LogP contribution is -2.51. The Balaban J connectivity index is 1.44. The summed E-state index contributed by atoms with van der Waals surface area (Å²) in [6.07, 6.45) is -11.8. The number of nitrogens with zero attached hydrogens (tertiary/aromatic N) is 2. The Bertz CT molecular complexity index is 1750. The number of aromatic amines is 2. The number of nitrogens with two attached hydrogens (primary N) is 1. The van der Waals surface area contributed by atoms with Gasteiger partial charge < -0.3 is 45.8 Å². The number of phosphoric acid groups is 2. The smallest absolute Gasteiger partial charge is 0.388 e. The zero-order valence-corrected chi connectivity index (χ0v) is 24.9. The van der Waals surface area contributed by atoms with Crippen LogP contribution in [0.25, 0.3) is 22.2 Å². The van der Waals surface area contributed by atoms with Crippen LogP contribution in [0, 0.1) is 13.8 Å². The Morgan fingerprint density at radius 2 is 1.66 bits per heavy atom. The van der Waals surface area contributed by atoms with Gasteiger partial charge in [0, 0.05) is 0 Å². The van der Waals surface area contributed by atoms with Crippen molar-refractivity contribution in [3.05, 3.63) is 44.1 Å². The summed E-state index contributed by atoms with van der Waals surface area (Å²) < 4.78 is 43.6. The van der Waals surface area contributed by atoms with E-state index in [1.54, 1.807) is 26.0 Å². The molecule has 22 heteroatoms. The van der Waals surface area contributed by atoms with Crippen LogP contribution in [0.5, 0.6) is 0 Å². The maximum absolute atomic E-state index is 12.4. The topological polar surface area (TPSA) is 321 Å². The highest BCUT2D eigenvalue weighted by atomic mass is 31.3. The molecule has 0 radical (unpaired) electrons. The summed E-state index contributed by atoms with van der Waals surface area (Å²) in [6.45, 7) is 0.968. The summed E-state index contributed by atoms with van der Waals surface area (Å²) in [6, 6.07) is 3.33. The zero-order chi connectivity index (χ0) is 32.7. The normalized spacial score (nSPS) is 25.5. The van der Waals surface area contributed by atoms with Crippen molar-refractivity contribution in [2.24, 2.45) is 5.73 Å². The standard InChI is InChI=1S/C22H31N5O15P2/c1-8-3-10-11(4-9(8)2)27(20-15(24-10)21(33)26-22(34)25-20)5-12(28)16(30)13(29)6-39-43(35,36)42-44(37,38)40-7-14-17(31)18(32)19(23)41-14/h3-4,12-14,16-19,28-32H,5-7,23H2,1-2H3,(H3,26,33,34,35,36,37,38)/p+1/t12-,13+,14+,16-,17+,18+,19+/m0/s1. The number of phosphoric ester groups is 2. The van der Waals surface area contributed by atoms with Crippen molar-refractivity contribution < 1.29 is 67.1 Å². The Morgan fingerprint density at radius 1 is 1.02 bits per heavy atom. The lowest BCUT2D eigenvalue weighted by atomic mass is 10.1. The van der Waals surface area contributed by atoms with Crippen molar-refractivity contribution >= 4 is 37.8 Å². The van der Waals surface area contributed by atoms with Gasteiger partial charge in [0.2, 0.25) is 5.52 Å². The fourth-order valence-electron chi connectivity index (χ4n) is 4.37. The second-order valence-corrected chi connectivity index (χ2v) is 13.2. The molecule has 3 aromatic rings. The third-order valence-electron chi connectivity index (χ3n) is 6.86. The molecule has 0 saturated carbocycles. The predicted molar refractivity (Wildman–Crippen MR) is 146 cm³/mol.